The predicted octanol–water partition coefficient (Wildman–Crippen LogP) is -0.281. The molecule has 0 radical (unpaired) electrons. The van der Waals surface area contributed by atoms with Gasteiger partial charge in [0.05, 0.1) is 12.7 Å². The number of nitrogens with two attached hydrogens (primary N) is 1. The van der Waals surface area contributed by atoms with E-state index in [-0.39, 0.29) is 0 Å². The summed E-state index contributed by atoms with van der Waals surface area (Å²) in [7, 11) is 1.98. The molecule has 0 aliphatic heterocycles. The fourth-order valence-corrected chi connectivity index (χ4v) is 0.928. The summed E-state index contributed by atoms with van der Waals surface area (Å²) in [4.78, 5) is 10.0. The molecule has 0 amide bonds. The van der Waals surface area contributed by atoms with Crippen molar-refractivity contribution in [1.29, 1.82) is 0 Å². The molecule has 1 rings (SSSR count). The standard InChI is InChI=1S/C10H14N4/c1-14(8-4-11)7-2-3-10-9-12-5-6-13-10/h5-6,9H,4,7-8,11H2,1H3. The Labute approximate surface area is 84.2 Å². The van der Waals surface area contributed by atoms with Crippen LogP contribution >= 0.6 is 0 Å². The Morgan fingerprint density at radius 1 is 1.50 bits per heavy atom. The van der Waals surface area contributed by atoms with E-state index in [1.807, 2.05) is 7.05 Å². The van der Waals surface area contributed by atoms with Crippen molar-refractivity contribution in [2.45, 2.75) is 0 Å². The second-order valence-corrected chi connectivity index (χ2v) is 2.92. The van der Waals surface area contributed by atoms with Gasteiger partial charge in [0, 0.05) is 25.5 Å². The van der Waals surface area contributed by atoms with Crippen molar-refractivity contribution in [1.82, 2.24) is 14.9 Å². The minimum Gasteiger partial charge on any atom is -0.329 e. The number of nitrogens with zero attached hydrogens (tertiary/aromatic N) is 3. The second-order valence-electron chi connectivity index (χ2n) is 2.92. The highest BCUT2D eigenvalue weighted by atomic mass is 15.1. The van der Waals surface area contributed by atoms with Gasteiger partial charge in [-0.2, -0.15) is 0 Å². The number of aromatic nitrogens is 2. The largest absolute Gasteiger partial charge is 0.329 e. The Bertz CT molecular complexity index is 312. The summed E-state index contributed by atoms with van der Waals surface area (Å²) < 4.78 is 0. The van der Waals surface area contributed by atoms with E-state index in [0.29, 0.717) is 18.8 Å². The van der Waals surface area contributed by atoms with Crippen LogP contribution in [0.25, 0.3) is 0 Å². The normalized spacial score (nSPS) is 9.64. The van der Waals surface area contributed by atoms with Crippen molar-refractivity contribution in [3.05, 3.63) is 24.3 Å². The first kappa shape index (κ1) is 10.6. The maximum absolute atomic E-state index is 5.40. The molecule has 0 spiro atoms. The second kappa shape index (κ2) is 6.08. The molecule has 4 nitrogen and oxygen atoms in total. The van der Waals surface area contributed by atoms with Crippen LogP contribution in [0.5, 0.6) is 0 Å². The van der Waals surface area contributed by atoms with Gasteiger partial charge in [0.2, 0.25) is 0 Å². The molecule has 1 aromatic rings. The average molecular weight is 190 g/mol. The Hall–Kier alpha value is -1.44. The number of hydrogen-bond acceptors (Lipinski definition) is 4. The first-order valence-corrected chi connectivity index (χ1v) is 4.46. The first-order chi connectivity index (χ1) is 6.83. The third-order valence-electron chi connectivity index (χ3n) is 1.64. The van der Waals surface area contributed by atoms with Crippen LogP contribution in [-0.4, -0.2) is 41.5 Å². The summed E-state index contributed by atoms with van der Waals surface area (Å²) in [6, 6.07) is 0. The van der Waals surface area contributed by atoms with Gasteiger partial charge in [-0.3, -0.25) is 9.88 Å². The summed E-state index contributed by atoms with van der Waals surface area (Å²) >= 11 is 0. The third-order valence-corrected chi connectivity index (χ3v) is 1.64. The summed E-state index contributed by atoms with van der Waals surface area (Å²) in [5, 5.41) is 0. The molecule has 0 unspecified atom stereocenters. The molecule has 1 aromatic heterocycles. The maximum atomic E-state index is 5.40. The van der Waals surface area contributed by atoms with Gasteiger partial charge in [-0.25, -0.2) is 4.98 Å². The molecule has 0 aliphatic rings. The van der Waals surface area contributed by atoms with Gasteiger partial charge in [-0.15, -0.1) is 0 Å². The Morgan fingerprint density at radius 3 is 3.00 bits per heavy atom. The first-order valence-electron chi connectivity index (χ1n) is 4.46. The van der Waals surface area contributed by atoms with Gasteiger partial charge in [0.1, 0.15) is 5.69 Å². The zero-order valence-corrected chi connectivity index (χ0v) is 8.27. The van der Waals surface area contributed by atoms with E-state index in [2.05, 4.69) is 26.7 Å². The predicted molar refractivity (Wildman–Crippen MR) is 55.5 cm³/mol. The van der Waals surface area contributed by atoms with Crippen LogP contribution < -0.4 is 5.73 Å². The van der Waals surface area contributed by atoms with Crippen molar-refractivity contribution < 1.29 is 0 Å². The van der Waals surface area contributed by atoms with Crippen LogP contribution in [0.4, 0.5) is 0 Å². The van der Waals surface area contributed by atoms with E-state index in [1.54, 1.807) is 18.6 Å². The molecule has 0 saturated heterocycles. The van der Waals surface area contributed by atoms with E-state index in [9.17, 15) is 0 Å². The molecule has 0 bridgehead atoms. The lowest BCUT2D eigenvalue weighted by Gasteiger charge is -2.09. The Balaban J connectivity index is 2.41. The van der Waals surface area contributed by atoms with Gasteiger partial charge >= 0.3 is 0 Å². The van der Waals surface area contributed by atoms with Gasteiger partial charge in [0.25, 0.3) is 0 Å². The van der Waals surface area contributed by atoms with Crippen LogP contribution in [-0.2, 0) is 0 Å². The van der Waals surface area contributed by atoms with Gasteiger partial charge in [0.15, 0.2) is 0 Å². The van der Waals surface area contributed by atoms with Gasteiger partial charge < -0.3 is 5.73 Å². The topological polar surface area (TPSA) is 55.0 Å². The molecule has 0 fully saturated rings. The van der Waals surface area contributed by atoms with Crippen LogP contribution in [0.3, 0.4) is 0 Å². The minimum absolute atomic E-state index is 0.656. The monoisotopic (exact) mass is 190 g/mol. The number of likely N-dealkylation sites (N-methyl/N-ethyl adjacent to an activating group) is 1. The van der Waals surface area contributed by atoms with Crippen molar-refractivity contribution in [2.24, 2.45) is 5.73 Å². The molecule has 4 heteroatoms. The number of rotatable bonds is 3. The molecule has 0 saturated carbocycles. The van der Waals surface area contributed by atoms with E-state index in [0.717, 1.165) is 6.54 Å². The zero-order chi connectivity index (χ0) is 10.2. The van der Waals surface area contributed by atoms with Crippen molar-refractivity contribution >= 4 is 0 Å². The Kier molecular flexibility index (Phi) is 4.62. The molecule has 14 heavy (non-hydrogen) atoms. The highest BCUT2D eigenvalue weighted by molar-refractivity contribution is 5.24. The number of hydrogen-bond donors (Lipinski definition) is 1. The van der Waals surface area contributed by atoms with Gasteiger partial charge in [-0.1, -0.05) is 5.92 Å². The van der Waals surface area contributed by atoms with Crippen molar-refractivity contribution in [3.63, 3.8) is 0 Å². The molecule has 2 N–H and O–H groups in total. The van der Waals surface area contributed by atoms with Crippen LogP contribution in [0.2, 0.25) is 0 Å². The maximum Gasteiger partial charge on any atom is 0.131 e. The summed E-state index contributed by atoms with van der Waals surface area (Å²) in [5.41, 5.74) is 6.10. The summed E-state index contributed by atoms with van der Waals surface area (Å²) in [6.07, 6.45) is 4.91. The fourth-order valence-electron chi connectivity index (χ4n) is 0.928. The molecular weight excluding hydrogens is 176 g/mol. The SMILES string of the molecule is CN(CC#Cc1cnccn1)CCN. The molecule has 0 aliphatic carbocycles. The van der Waals surface area contributed by atoms with Crippen molar-refractivity contribution in [2.75, 3.05) is 26.7 Å². The molecule has 1 heterocycles. The highest BCUT2D eigenvalue weighted by Crippen LogP contribution is 1.85. The lowest BCUT2D eigenvalue weighted by Crippen LogP contribution is -2.25. The molecule has 0 atom stereocenters. The quantitative estimate of drug-likeness (QED) is 0.666. The van der Waals surface area contributed by atoms with E-state index in [4.69, 9.17) is 5.73 Å². The van der Waals surface area contributed by atoms with E-state index >= 15 is 0 Å². The van der Waals surface area contributed by atoms with Crippen LogP contribution in [0.15, 0.2) is 18.6 Å². The lowest BCUT2D eigenvalue weighted by molar-refractivity contribution is 0.386. The smallest absolute Gasteiger partial charge is 0.131 e. The zero-order valence-electron chi connectivity index (χ0n) is 8.27. The molecular formula is C10H14N4. The average Bonchev–Trinajstić information content (AvgIpc) is 2.20. The lowest BCUT2D eigenvalue weighted by atomic mass is 10.4. The summed E-state index contributed by atoms with van der Waals surface area (Å²) in [5.74, 6) is 5.93. The molecule has 0 aromatic carbocycles. The van der Waals surface area contributed by atoms with E-state index in [1.165, 1.54) is 0 Å². The van der Waals surface area contributed by atoms with Crippen LogP contribution in [0.1, 0.15) is 5.69 Å². The van der Waals surface area contributed by atoms with E-state index < -0.39 is 0 Å². The molecule has 74 valence electrons. The highest BCUT2D eigenvalue weighted by Gasteiger charge is 1.91. The van der Waals surface area contributed by atoms with Crippen LogP contribution in [0, 0.1) is 11.8 Å². The summed E-state index contributed by atoms with van der Waals surface area (Å²) in [6.45, 7) is 2.21. The Morgan fingerprint density at radius 2 is 2.36 bits per heavy atom. The van der Waals surface area contributed by atoms with Gasteiger partial charge in [-0.05, 0) is 13.0 Å². The minimum atomic E-state index is 0.656. The van der Waals surface area contributed by atoms with Crippen molar-refractivity contribution in [3.8, 4) is 11.8 Å². The third kappa shape index (κ3) is 3.99. The fraction of sp³-hybridized carbons (Fsp3) is 0.400.